The van der Waals surface area contributed by atoms with Gasteiger partial charge in [-0.25, -0.2) is 8.78 Å². The van der Waals surface area contributed by atoms with Crippen molar-refractivity contribution in [1.29, 1.82) is 0 Å². The molecule has 0 nitrogen and oxygen atoms in total. The molecule has 3 heteroatoms. The lowest BCUT2D eigenvalue weighted by atomic mass is 9.94. The maximum Gasteiger partial charge on any atom is 0.123 e. The number of halogens is 2. The highest BCUT2D eigenvalue weighted by molar-refractivity contribution is 6.58. The minimum Gasteiger partial charge on any atom is -0.248 e. The highest BCUT2D eigenvalue weighted by Gasteiger charge is 2.22. The summed E-state index contributed by atoms with van der Waals surface area (Å²) in [7, 11) is -0.180. The average Bonchev–Trinajstić information content (AvgIpc) is 2.48. The van der Waals surface area contributed by atoms with E-state index in [1.54, 1.807) is 19.1 Å². The molecule has 0 aromatic heterocycles. The maximum absolute atomic E-state index is 12.9. The molecule has 1 fully saturated rings. The van der Waals surface area contributed by atoms with Gasteiger partial charge in [-0.05, 0) is 49.8 Å². The minimum absolute atomic E-state index is 0.147. The molecule has 1 heterocycles. The summed E-state index contributed by atoms with van der Waals surface area (Å²) in [6, 6.07) is 11.1. The molecule has 1 aromatic carbocycles. The third kappa shape index (κ3) is 6.29. The molecule has 0 aliphatic carbocycles. The van der Waals surface area contributed by atoms with Gasteiger partial charge < -0.3 is 0 Å². The van der Waals surface area contributed by atoms with Gasteiger partial charge in [0.25, 0.3) is 0 Å². The van der Waals surface area contributed by atoms with E-state index in [1.807, 2.05) is 12.1 Å². The zero-order chi connectivity index (χ0) is 15.1. The Morgan fingerprint density at radius 3 is 2.48 bits per heavy atom. The van der Waals surface area contributed by atoms with Crippen LogP contribution in [0.3, 0.4) is 0 Å². The first-order valence-corrected chi connectivity index (χ1v) is 10.5. The smallest absolute Gasteiger partial charge is 0.123 e. The van der Waals surface area contributed by atoms with Gasteiger partial charge in [-0.1, -0.05) is 49.5 Å². The van der Waals surface area contributed by atoms with Crippen molar-refractivity contribution in [3.05, 3.63) is 35.6 Å². The van der Waals surface area contributed by atoms with E-state index in [1.165, 1.54) is 43.0 Å². The van der Waals surface area contributed by atoms with Gasteiger partial charge in [-0.15, -0.1) is 0 Å². The molecule has 0 saturated carbocycles. The van der Waals surface area contributed by atoms with Crippen LogP contribution < -0.4 is 0 Å². The van der Waals surface area contributed by atoms with E-state index in [9.17, 15) is 8.78 Å². The molecule has 0 spiro atoms. The largest absolute Gasteiger partial charge is 0.248 e. The lowest BCUT2D eigenvalue weighted by Crippen LogP contribution is -2.21. The topological polar surface area (TPSA) is 0 Å². The first kappa shape index (κ1) is 16.7. The summed E-state index contributed by atoms with van der Waals surface area (Å²) in [5.74, 6) is 0.704. The third-order valence-electron chi connectivity index (χ3n) is 4.70. The van der Waals surface area contributed by atoms with E-state index in [2.05, 4.69) is 0 Å². The molecule has 1 atom stereocenters. The lowest BCUT2D eigenvalue weighted by molar-refractivity contribution is 0.338. The van der Waals surface area contributed by atoms with Gasteiger partial charge in [0, 0.05) is 8.80 Å². The first-order chi connectivity index (χ1) is 10.1. The summed E-state index contributed by atoms with van der Waals surface area (Å²) in [5, 5.41) is 0. The van der Waals surface area contributed by atoms with Crippen molar-refractivity contribution in [2.45, 2.75) is 69.8 Å². The third-order valence-corrected chi connectivity index (χ3v) is 7.75. The van der Waals surface area contributed by atoms with E-state index in [0.717, 1.165) is 25.2 Å². The van der Waals surface area contributed by atoms with Gasteiger partial charge >= 0.3 is 0 Å². The second kappa shape index (κ2) is 8.67. The predicted molar refractivity (Wildman–Crippen MR) is 87.4 cm³/mol. The molecule has 117 valence electrons. The van der Waals surface area contributed by atoms with Crippen LogP contribution in [0, 0.1) is 11.7 Å². The van der Waals surface area contributed by atoms with Gasteiger partial charge in [-0.2, -0.15) is 0 Å². The summed E-state index contributed by atoms with van der Waals surface area (Å²) in [6.45, 7) is 1.67. The number of hydrogen-bond donors (Lipinski definition) is 0. The highest BCUT2D eigenvalue weighted by atomic mass is 28.3. The van der Waals surface area contributed by atoms with Crippen LogP contribution in [0.5, 0.6) is 0 Å². The van der Waals surface area contributed by atoms with E-state index in [-0.39, 0.29) is 14.6 Å². The van der Waals surface area contributed by atoms with Crippen molar-refractivity contribution in [1.82, 2.24) is 0 Å². The average molecular weight is 309 g/mol. The summed E-state index contributed by atoms with van der Waals surface area (Å²) in [6.07, 6.45) is 6.25. The quantitative estimate of drug-likeness (QED) is 0.558. The van der Waals surface area contributed by atoms with Crippen LogP contribution in [0.2, 0.25) is 18.1 Å². The monoisotopic (exact) mass is 309 g/mol. The van der Waals surface area contributed by atoms with Crippen molar-refractivity contribution in [3.63, 3.8) is 0 Å². The van der Waals surface area contributed by atoms with Crippen LogP contribution in [0.25, 0.3) is 0 Å². The van der Waals surface area contributed by atoms with E-state index >= 15 is 0 Å². The fourth-order valence-corrected chi connectivity index (χ4v) is 6.37. The van der Waals surface area contributed by atoms with Gasteiger partial charge in [0.2, 0.25) is 0 Å². The van der Waals surface area contributed by atoms with Gasteiger partial charge in [0.05, 0.1) is 6.17 Å². The Labute approximate surface area is 129 Å². The molecule has 0 bridgehead atoms. The van der Waals surface area contributed by atoms with E-state index in [0.29, 0.717) is 0 Å². The van der Waals surface area contributed by atoms with Crippen LogP contribution in [0.1, 0.15) is 44.6 Å². The minimum atomic E-state index is -0.625. The van der Waals surface area contributed by atoms with Crippen molar-refractivity contribution in [3.8, 4) is 0 Å². The van der Waals surface area contributed by atoms with Gasteiger partial charge in [0.1, 0.15) is 5.82 Å². The zero-order valence-corrected chi connectivity index (χ0v) is 14.1. The molecular weight excluding hydrogens is 282 g/mol. The standard InChI is InChI=1S/C18H27F2Si/c1-15(19)3-2-12-21-13-10-17(11-14-21)5-4-16-6-8-18(20)9-7-16/h6-9,15,17H,2-5,10-14H2,1H3. The van der Waals surface area contributed by atoms with Gasteiger partial charge in [0.15, 0.2) is 0 Å². The summed E-state index contributed by atoms with van der Waals surface area (Å²) < 4.78 is 25.6. The molecule has 1 aliphatic rings. The number of aryl methyl sites for hydroxylation is 1. The molecule has 1 unspecified atom stereocenters. The Morgan fingerprint density at radius 2 is 1.86 bits per heavy atom. The summed E-state index contributed by atoms with van der Waals surface area (Å²) in [5.41, 5.74) is 1.25. The Hall–Kier alpha value is -0.703. The molecule has 1 saturated heterocycles. The normalized spacial score (nSPS) is 18.8. The van der Waals surface area contributed by atoms with Crippen molar-refractivity contribution >= 4 is 8.80 Å². The number of rotatable bonds is 7. The molecule has 21 heavy (non-hydrogen) atoms. The Bertz CT molecular complexity index is 394. The molecule has 1 aliphatic heterocycles. The molecule has 0 N–H and O–H groups in total. The Kier molecular flexibility index (Phi) is 6.88. The van der Waals surface area contributed by atoms with Crippen molar-refractivity contribution < 1.29 is 8.78 Å². The first-order valence-electron chi connectivity index (χ1n) is 8.35. The number of hydrogen-bond acceptors (Lipinski definition) is 0. The molecule has 1 radical (unpaired) electrons. The second-order valence-corrected chi connectivity index (χ2v) is 9.53. The highest BCUT2D eigenvalue weighted by Crippen LogP contribution is 2.31. The maximum atomic E-state index is 12.9. The predicted octanol–water partition coefficient (Wildman–Crippen LogP) is 5.80. The van der Waals surface area contributed by atoms with Crippen LogP contribution in [0.4, 0.5) is 8.78 Å². The number of alkyl halides is 1. The Balaban J connectivity index is 1.61. The van der Waals surface area contributed by atoms with Crippen LogP contribution in [-0.4, -0.2) is 15.0 Å². The molecule has 0 amide bonds. The van der Waals surface area contributed by atoms with Gasteiger partial charge in [-0.3, -0.25) is 0 Å². The van der Waals surface area contributed by atoms with Crippen molar-refractivity contribution in [2.24, 2.45) is 5.92 Å². The summed E-state index contributed by atoms with van der Waals surface area (Å²) in [4.78, 5) is 0. The van der Waals surface area contributed by atoms with Crippen LogP contribution in [0.15, 0.2) is 24.3 Å². The van der Waals surface area contributed by atoms with Crippen molar-refractivity contribution in [2.75, 3.05) is 0 Å². The molecule has 2 rings (SSSR count). The fraction of sp³-hybridized carbons (Fsp3) is 0.667. The second-order valence-electron chi connectivity index (χ2n) is 6.53. The van der Waals surface area contributed by atoms with Crippen LogP contribution in [-0.2, 0) is 6.42 Å². The number of benzene rings is 1. The van der Waals surface area contributed by atoms with E-state index in [4.69, 9.17) is 0 Å². The van der Waals surface area contributed by atoms with Crippen LogP contribution >= 0.6 is 0 Å². The molecule has 1 aromatic rings. The summed E-state index contributed by atoms with van der Waals surface area (Å²) >= 11 is 0. The fourth-order valence-electron chi connectivity index (χ4n) is 3.28. The SMILES string of the molecule is CC(F)CCC[Si]1CCC(CCc2ccc(F)cc2)CC1. The Morgan fingerprint density at radius 1 is 1.19 bits per heavy atom. The van der Waals surface area contributed by atoms with E-state index < -0.39 is 6.17 Å². The zero-order valence-electron chi connectivity index (χ0n) is 13.1. The molecular formula is C18H27F2Si. The lowest BCUT2D eigenvalue weighted by Gasteiger charge is -2.27.